The fraction of sp³-hybridized carbons (Fsp3) is 0.500. The third kappa shape index (κ3) is 4.33. The van der Waals surface area contributed by atoms with Crippen LogP contribution in [0, 0.1) is 0 Å². The monoisotopic (exact) mass is 354 g/mol. The minimum Gasteiger partial charge on any atom is -0.478 e. The molecular weight excluding hydrogens is 332 g/mol. The summed E-state index contributed by atoms with van der Waals surface area (Å²) in [6, 6.07) is 5.06. The molecule has 2 N–H and O–H groups in total. The zero-order valence-electron chi connectivity index (χ0n) is 13.6. The standard InChI is InChI=1S/C16H22N2O5S/c1-2-11-24(22,23)18-10-4-3-5-14(18)15(19)17-13-8-6-12(7-9-13)16(20)21/h6-9,14H,2-5,10-11H2,1H3,(H,17,19)(H,20,21). The van der Waals surface area contributed by atoms with Gasteiger partial charge in [0.25, 0.3) is 0 Å². The number of rotatable bonds is 6. The van der Waals surface area contributed by atoms with Crippen molar-refractivity contribution in [3.63, 3.8) is 0 Å². The van der Waals surface area contributed by atoms with Gasteiger partial charge in [-0.05, 0) is 43.5 Å². The second-order valence-electron chi connectivity index (χ2n) is 5.81. The molecule has 1 fully saturated rings. The number of nitrogens with one attached hydrogen (secondary N) is 1. The Kier molecular flexibility index (Phi) is 5.95. The zero-order valence-corrected chi connectivity index (χ0v) is 14.4. The molecule has 8 heteroatoms. The van der Waals surface area contributed by atoms with E-state index in [1.54, 1.807) is 6.92 Å². The summed E-state index contributed by atoms with van der Waals surface area (Å²) in [7, 11) is -3.44. The molecule has 1 aromatic rings. The van der Waals surface area contributed by atoms with Crippen LogP contribution in [0.1, 0.15) is 43.0 Å². The van der Waals surface area contributed by atoms with Crippen LogP contribution in [0.4, 0.5) is 5.69 Å². The lowest BCUT2D eigenvalue weighted by Gasteiger charge is -2.33. The number of piperidine rings is 1. The molecule has 1 aromatic carbocycles. The summed E-state index contributed by atoms with van der Waals surface area (Å²) in [5.41, 5.74) is 0.571. The number of amides is 1. The first-order chi connectivity index (χ1) is 11.3. The topological polar surface area (TPSA) is 104 Å². The summed E-state index contributed by atoms with van der Waals surface area (Å²) in [6.07, 6.45) is 2.54. The molecule has 0 bridgehead atoms. The van der Waals surface area contributed by atoms with Crippen molar-refractivity contribution in [2.75, 3.05) is 17.6 Å². The molecule has 0 aliphatic carbocycles. The third-order valence-electron chi connectivity index (χ3n) is 3.98. The first kappa shape index (κ1) is 18.4. The minimum absolute atomic E-state index is 0.0318. The van der Waals surface area contributed by atoms with Crippen molar-refractivity contribution < 1.29 is 23.1 Å². The van der Waals surface area contributed by atoms with Gasteiger partial charge in [0.05, 0.1) is 11.3 Å². The highest BCUT2D eigenvalue weighted by Crippen LogP contribution is 2.23. The van der Waals surface area contributed by atoms with Crippen molar-refractivity contribution >= 4 is 27.6 Å². The molecule has 0 radical (unpaired) electrons. The summed E-state index contributed by atoms with van der Waals surface area (Å²) in [5, 5.41) is 11.6. The highest BCUT2D eigenvalue weighted by Gasteiger charge is 2.36. The van der Waals surface area contributed by atoms with Gasteiger partial charge in [0, 0.05) is 12.2 Å². The van der Waals surface area contributed by atoms with Crippen LogP contribution in [0.3, 0.4) is 0 Å². The number of sulfonamides is 1. The van der Waals surface area contributed by atoms with Crippen LogP contribution in [0.2, 0.25) is 0 Å². The van der Waals surface area contributed by atoms with Crippen LogP contribution >= 0.6 is 0 Å². The van der Waals surface area contributed by atoms with E-state index in [2.05, 4.69) is 5.32 Å². The number of carbonyl (C=O) groups is 2. The van der Waals surface area contributed by atoms with Crippen LogP contribution in [0.15, 0.2) is 24.3 Å². The molecule has 1 atom stereocenters. The number of carbonyl (C=O) groups excluding carboxylic acids is 1. The lowest BCUT2D eigenvalue weighted by atomic mass is 10.0. The second kappa shape index (κ2) is 7.76. The Balaban J connectivity index is 2.12. The maximum absolute atomic E-state index is 12.5. The number of carboxylic acids is 1. The molecule has 2 rings (SSSR count). The number of aromatic carboxylic acids is 1. The number of hydrogen-bond acceptors (Lipinski definition) is 4. The average molecular weight is 354 g/mol. The Hall–Kier alpha value is -1.93. The smallest absolute Gasteiger partial charge is 0.335 e. The van der Waals surface area contributed by atoms with Crippen molar-refractivity contribution in [3.8, 4) is 0 Å². The molecule has 1 heterocycles. The van der Waals surface area contributed by atoms with E-state index >= 15 is 0 Å². The average Bonchev–Trinajstić information content (AvgIpc) is 2.55. The van der Waals surface area contributed by atoms with Crippen molar-refractivity contribution in [3.05, 3.63) is 29.8 Å². The van der Waals surface area contributed by atoms with E-state index < -0.39 is 22.0 Å². The van der Waals surface area contributed by atoms with E-state index in [9.17, 15) is 18.0 Å². The number of benzene rings is 1. The fourth-order valence-corrected chi connectivity index (χ4v) is 4.54. The van der Waals surface area contributed by atoms with Gasteiger partial charge >= 0.3 is 5.97 Å². The number of nitrogens with zero attached hydrogens (tertiary/aromatic N) is 1. The van der Waals surface area contributed by atoms with Crippen LogP contribution in [-0.4, -0.2) is 48.0 Å². The van der Waals surface area contributed by atoms with Gasteiger partial charge in [-0.3, -0.25) is 4.79 Å². The Morgan fingerprint density at radius 2 is 1.92 bits per heavy atom. The first-order valence-corrected chi connectivity index (χ1v) is 9.60. The molecule has 1 amide bonds. The summed E-state index contributed by atoms with van der Waals surface area (Å²) in [5.74, 6) is -1.39. The molecule has 1 saturated heterocycles. The van der Waals surface area contributed by atoms with Crippen LogP contribution in [-0.2, 0) is 14.8 Å². The van der Waals surface area contributed by atoms with Gasteiger partial charge in [-0.15, -0.1) is 0 Å². The Bertz CT molecular complexity index is 700. The normalized spacial score (nSPS) is 19.0. The van der Waals surface area contributed by atoms with Gasteiger partial charge in [-0.2, -0.15) is 4.31 Å². The SMILES string of the molecule is CCCS(=O)(=O)N1CCCCC1C(=O)Nc1ccc(C(=O)O)cc1. The number of carboxylic acid groups (broad SMARTS) is 1. The molecule has 1 unspecified atom stereocenters. The summed E-state index contributed by atoms with van der Waals surface area (Å²) < 4.78 is 26.0. The zero-order chi connectivity index (χ0) is 17.7. The van der Waals surface area contributed by atoms with Crippen molar-refractivity contribution in [1.29, 1.82) is 0 Å². The van der Waals surface area contributed by atoms with E-state index in [4.69, 9.17) is 5.11 Å². The molecule has 1 aliphatic heterocycles. The van der Waals surface area contributed by atoms with Gasteiger partial charge in [0.2, 0.25) is 15.9 Å². The van der Waals surface area contributed by atoms with Crippen LogP contribution in [0.25, 0.3) is 0 Å². The predicted octanol–water partition coefficient (Wildman–Crippen LogP) is 1.92. The van der Waals surface area contributed by atoms with Crippen LogP contribution < -0.4 is 5.32 Å². The maximum Gasteiger partial charge on any atom is 0.335 e. The van der Waals surface area contributed by atoms with E-state index in [0.29, 0.717) is 25.1 Å². The van der Waals surface area contributed by atoms with E-state index in [-0.39, 0.29) is 17.2 Å². The van der Waals surface area contributed by atoms with E-state index in [0.717, 1.165) is 12.8 Å². The molecular formula is C16H22N2O5S. The van der Waals surface area contributed by atoms with Crippen molar-refractivity contribution in [2.45, 2.75) is 38.6 Å². The van der Waals surface area contributed by atoms with Gasteiger partial charge in [-0.1, -0.05) is 13.3 Å². The molecule has 0 aromatic heterocycles. The molecule has 0 spiro atoms. The van der Waals surface area contributed by atoms with Gasteiger partial charge in [0.15, 0.2) is 0 Å². The molecule has 132 valence electrons. The van der Waals surface area contributed by atoms with E-state index in [1.807, 2.05) is 0 Å². The largest absolute Gasteiger partial charge is 0.478 e. The highest BCUT2D eigenvalue weighted by atomic mass is 32.2. The molecule has 0 saturated carbocycles. The minimum atomic E-state index is -3.44. The van der Waals surface area contributed by atoms with Gasteiger partial charge < -0.3 is 10.4 Å². The first-order valence-electron chi connectivity index (χ1n) is 7.99. The lowest BCUT2D eigenvalue weighted by Crippen LogP contribution is -2.50. The summed E-state index contributed by atoms with van der Waals surface area (Å²) >= 11 is 0. The molecule has 1 aliphatic rings. The van der Waals surface area contributed by atoms with Gasteiger partial charge in [-0.25, -0.2) is 13.2 Å². The third-order valence-corrected chi connectivity index (χ3v) is 6.05. The second-order valence-corrected chi connectivity index (χ2v) is 7.85. The lowest BCUT2D eigenvalue weighted by molar-refractivity contribution is -0.120. The summed E-state index contributed by atoms with van der Waals surface area (Å²) in [4.78, 5) is 23.4. The predicted molar refractivity (Wildman–Crippen MR) is 90.5 cm³/mol. The maximum atomic E-state index is 12.5. The molecule has 24 heavy (non-hydrogen) atoms. The highest BCUT2D eigenvalue weighted by molar-refractivity contribution is 7.89. The van der Waals surface area contributed by atoms with Crippen molar-refractivity contribution in [1.82, 2.24) is 4.31 Å². The van der Waals surface area contributed by atoms with E-state index in [1.165, 1.54) is 28.6 Å². The van der Waals surface area contributed by atoms with Gasteiger partial charge in [0.1, 0.15) is 6.04 Å². The van der Waals surface area contributed by atoms with Crippen molar-refractivity contribution in [2.24, 2.45) is 0 Å². The van der Waals surface area contributed by atoms with Crippen LogP contribution in [0.5, 0.6) is 0 Å². The quantitative estimate of drug-likeness (QED) is 0.812. The Labute approximate surface area is 141 Å². The number of hydrogen-bond donors (Lipinski definition) is 2. The molecule has 7 nitrogen and oxygen atoms in total. The number of anilines is 1. The fourth-order valence-electron chi connectivity index (χ4n) is 2.80. The Morgan fingerprint density at radius 1 is 1.25 bits per heavy atom. The summed E-state index contributed by atoms with van der Waals surface area (Å²) in [6.45, 7) is 2.15. The Morgan fingerprint density at radius 3 is 2.50 bits per heavy atom.